The minimum Gasteiger partial charge on any atom is -0.417 e. The van der Waals surface area contributed by atoms with Gasteiger partial charge in [0.05, 0.1) is 16.0 Å². The second-order valence-electron chi connectivity index (χ2n) is 7.82. The van der Waals surface area contributed by atoms with Gasteiger partial charge in [-0.1, -0.05) is 24.3 Å². The van der Waals surface area contributed by atoms with Crippen molar-refractivity contribution in [1.29, 1.82) is 0 Å². The topological polar surface area (TPSA) is 120 Å². The van der Waals surface area contributed by atoms with Gasteiger partial charge in [-0.05, 0) is 48.5 Å². The van der Waals surface area contributed by atoms with Crippen LogP contribution in [0.1, 0.15) is 11.1 Å². The Morgan fingerprint density at radius 2 is 1.26 bits per heavy atom. The summed E-state index contributed by atoms with van der Waals surface area (Å²) in [6.45, 7) is 0. The summed E-state index contributed by atoms with van der Waals surface area (Å²) in [7, 11) is -9.56. The second-order valence-corrected chi connectivity index (χ2v) is 11.0. The van der Waals surface area contributed by atoms with Gasteiger partial charge in [-0.15, -0.1) is 0 Å². The first-order valence-corrected chi connectivity index (χ1v) is 13.3. The molecule has 0 fully saturated rings. The summed E-state index contributed by atoms with van der Waals surface area (Å²) in [6.07, 6.45) is -9.67. The van der Waals surface area contributed by atoms with E-state index < -0.39 is 76.1 Å². The van der Waals surface area contributed by atoms with Crippen molar-refractivity contribution in [2.75, 3.05) is 4.72 Å². The van der Waals surface area contributed by atoms with Crippen LogP contribution in [0.3, 0.4) is 0 Å². The first-order valence-electron chi connectivity index (χ1n) is 10.4. The molecule has 0 unspecified atom stereocenters. The number of para-hydroxylation sites is 1. The number of nitrogens with one attached hydrogen (secondary N) is 1. The van der Waals surface area contributed by atoms with Crippen LogP contribution in [0.15, 0.2) is 91.8 Å². The molecule has 4 rings (SSSR count). The van der Waals surface area contributed by atoms with Gasteiger partial charge in [0.1, 0.15) is 10.6 Å². The lowest BCUT2D eigenvalue weighted by molar-refractivity contribution is -0.138. The summed E-state index contributed by atoms with van der Waals surface area (Å²) in [5.41, 5.74) is -5.10. The highest BCUT2D eigenvalue weighted by Gasteiger charge is 2.33. The monoisotopic (exact) mass is 593 g/mol. The third-order valence-electron chi connectivity index (χ3n) is 5.09. The highest BCUT2D eigenvalue weighted by molar-refractivity contribution is 7.92. The number of alkyl halides is 6. The van der Waals surface area contributed by atoms with E-state index in [1.165, 1.54) is 12.1 Å². The number of sulfonamides is 1. The molecule has 0 aliphatic heterocycles. The lowest BCUT2D eigenvalue weighted by Gasteiger charge is -2.12. The second kappa shape index (κ2) is 9.60. The van der Waals surface area contributed by atoms with Gasteiger partial charge >= 0.3 is 28.1 Å². The smallest absolute Gasteiger partial charge is 0.416 e. The fourth-order valence-corrected chi connectivity index (χ4v) is 5.36. The molecule has 4 aromatic rings. The minimum absolute atomic E-state index is 0.0897. The molecule has 0 aliphatic rings. The van der Waals surface area contributed by atoms with E-state index in [-0.39, 0.29) is 5.39 Å². The van der Waals surface area contributed by atoms with Crippen LogP contribution in [0.4, 0.5) is 32.0 Å². The maximum atomic E-state index is 13.0. The van der Waals surface area contributed by atoms with Gasteiger partial charge in [0, 0.05) is 5.39 Å². The highest BCUT2D eigenvalue weighted by Crippen LogP contribution is 2.34. The van der Waals surface area contributed by atoms with Crippen LogP contribution in [0.2, 0.25) is 0 Å². The van der Waals surface area contributed by atoms with Crippen LogP contribution >= 0.6 is 0 Å². The summed E-state index contributed by atoms with van der Waals surface area (Å²) in [4.78, 5) is 10.9. The highest BCUT2D eigenvalue weighted by atomic mass is 32.2. The van der Waals surface area contributed by atoms with Crippen molar-refractivity contribution < 1.29 is 51.8 Å². The summed E-state index contributed by atoms with van der Waals surface area (Å²) in [5.74, 6) is -0.603. The Morgan fingerprint density at radius 3 is 1.85 bits per heavy atom. The SMILES string of the molecule is O=c1oc2c(OS(=O)(=O)c3cccc(C(F)(F)F)c3)cccc2cc1NS(=O)(=O)c1cccc(C(F)(F)F)c1. The van der Waals surface area contributed by atoms with Crippen molar-refractivity contribution in [1.82, 2.24) is 0 Å². The van der Waals surface area contributed by atoms with Crippen molar-refractivity contribution in [3.63, 3.8) is 0 Å². The maximum absolute atomic E-state index is 13.0. The molecule has 0 spiro atoms. The van der Waals surface area contributed by atoms with Crippen molar-refractivity contribution >= 4 is 36.8 Å². The molecule has 16 heteroatoms. The maximum Gasteiger partial charge on any atom is 0.416 e. The van der Waals surface area contributed by atoms with Crippen LogP contribution in [-0.4, -0.2) is 16.8 Å². The summed E-state index contributed by atoms with van der Waals surface area (Å²) < 4.78 is 140. The molecular formula is C23H13F6NO7S2. The Bertz CT molecular complexity index is 1850. The first-order chi connectivity index (χ1) is 18.0. The molecule has 0 amide bonds. The molecule has 206 valence electrons. The first kappa shape index (κ1) is 28.0. The molecular weight excluding hydrogens is 580 g/mol. The number of benzene rings is 3. The number of halogens is 6. The molecule has 0 bridgehead atoms. The number of rotatable bonds is 6. The van der Waals surface area contributed by atoms with Crippen LogP contribution in [-0.2, 0) is 32.5 Å². The Labute approximate surface area is 215 Å². The predicted octanol–water partition coefficient (Wildman–Crippen LogP) is 5.40. The van der Waals surface area contributed by atoms with Crippen LogP contribution < -0.4 is 14.5 Å². The van der Waals surface area contributed by atoms with E-state index in [0.29, 0.717) is 24.3 Å². The zero-order valence-electron chi connectivity index (χ0n) is 18.9. The van der Waals surface area contributed by atoms with Gasteiger partial charge in [-0.25, -0.2) is 13.2 Å². The average molecular weight is 593 g/mol. The van der Waals surface area contributed by atoms with Gasteiger partial charge in [0.2, 0.25) is 0 Å². The van der Waals surface area contributed by atoms with E-state index in [2.05, 4.69) is 0 Å². The third-order valence-corrected chi connectivity index (χ3v) is 7.68. The molecule has 0 atom stereocenters. The summed E-state index contributed by atoms with van der Waals surface area (Å²) >= 11 is 0. The average Bonchev–Trinajstić information content (AvgIpc) is 2.84. The lowest BCUT2D eigenvalue weighted by Crippen LogP contribution is -2.19. The van der Waals surface area contributed by atoms with E-state index in [1.54, 1.807) is 0 Å². The van der Waals surface area contributed by atoms with Gasteiger partial charge in [0.15, 0.2) is 11.3 Å². The molecule has 1 aromatic heterocycles. The largest absolute Gasteiger partial charge is 0.417 e. The number of anilines is 1. The van der Waals surface area contributed by atoms with E-state index in [4.69, 9.17) is 8.60 Å². The van der Waals surface area contributed by atoms with Gasteiger partial charge < -0.3 is 8.60 Å². The Morgan fingerprint density at radius 1 is 0.718 bits per heavy atom. The van der Waals surface area contributed by atoms with Crippen molar-refractivity contribution in [2.24, 2.45) is 0 Å². The fraction of sp³-hybridized carbons (Fsp3) is 0.0870. The summed E-state index contributed by atoms with van der Waals surface area (Å²) in [6, 6.07) is 9.84. The summed E-state index contributed by atoms with van der Waals surface area (Å²) in [5, 5.41) is -0.0897. The number of hydrogen-bond donors (Lipinski definition) is 1. The van der Waals surface area contributed by atoms with Crippen molar-refractivity contribution in [2.45, 2.75) is 22.1 Å². The molecule has 0 saturated carbocycles. The van der Waals surface area contributed by atoms with Gasteiger partial charge in [-0.2, -0.15) is 34.8 Å². The molecule has 3 aromatic carbocycles. The zero-order chi connectivity index (χ0) is 28.8. The lowest BCUT2D eigenvalue weighted by atomic mass is 10.2. The van der Waals surface area contributed by atoms with Crippen LogP contribution in [0.5, 0.6) is 5.75 Å². The van der Waals surface area contributed by atoms with Crippen molar-refractivity contribution in [3.05, 3.63) is 94.3 Å². The minimum atomic E-state index is -4.86. The van der Waals surface area contributed by atoms with Crippen LogP contribution in [0, 0.1) is 0 Å². The van der Waals surface area contributed by atoms with Gasteiger partial charge in [-0.3, -0.25) is 4.72 Å². The standard InChI is InChI=1S/C23H13F6NO7S2/c24-22(25,26)14-5-2-7-16(11-14)38(32,33)30-18-10-13-4-1-9-19(20(13)36-21(18)31)37-39(34,35)17-8-3-6-15(12-17)23(27,28)29/h1-12,30H. The Kier molecular flexibility index (Phi) is 6.89. The van der Waals surface area contributed by atoms with E-state index in [1.807, 2.05) is 4.72 Å². The molecule has 1 heterocycles. The zero-order valence-corrected chi connectivity index (χ0v) is 20.5. The quantitative estimate of drug-likeness (QED) is 0.181. The fourth-order valence-electron chi connectivity index (χ4n) is 3.29. The van der Waals surface area contributed by atoms with E-state index in [0.717, 1.165) is 36.4 Å². The van der Waals surface area contributed by atoms with E-state index >= 15 is 0 Å². The predicted molar refractivity (Wildman–Crippen MR) is 124 cm³/mol. The molecule has 0 aliphatic carbocycles. The molecule has 39 heavy (non-hydrogen) atoms. The molecule has 8 nitrogen and oxygen atoms in total. The third kappa shape index (κ3) is 6.01. The molecule has 0 saturated heterocycles. The molecule has 0 radical (unpaired) electrons. The Balaban J connectivity index is 1.69. The van der Waals surface area contributed by atoms with Gasteiger partial charge in [0.25, 0.3) is 10.0 Å². The number of hydrogen-bond acceptors (Lipinski definition) is 7. The normalized spacial score (nSPS) is 12.9. The van der Waals surface area contributed by atoms with Crippen molar-refractivity contribution in [3.8, 4) is 5.75 Å². The van der Waals surface area contributed by atoms with E-state index in [9.17, 15) is 48.0 Å². The Hall–Kier alpha value is -4.05. The van der Waals surface area contributed by atoms with Crippen LogP contribution in [0.25, 0.3) is 11.0 Å². The molecule has 1 N–H and O–H groups in total. The number of fused-ring (bicyclic) bond motifs is 1.